The number of hydrogen-bond acceptors (Lipinski definition) is 2. The van der Waals surface area contributed by atoms with E-state index in [1.165, 1.54) is 10.9 Å². The molecule has 0 aliphatic carbocycles. The van der Waals surface area contributed by atoms with Gasteiger partial charge in [-0.2, -0.15) is 0 Å². The fourth-order valence-electron chi connectivity index (χ4n) is 2.77. The van der Waals surface area contributed by atoms with Crippen LogP contribution in [0.4, 0.5) is 0 Å². The number of aliphatic hydroxyl groups is 1. The first-order chi connectivity index (χ1) is 11.7. The number of ether oxygens (including phenoxy) is 1. The average molecular weight is 322 g/mol. The number of fused-ring (bicyclic) bond motifs is 1. The van der Waals surface area contributed by atoms with Crippen LogP contribution in [0.3, 0.4) is 0 Å². The van der Waals surface area contributed by atoms with Gasteiger partial charge in [-0.3, -0.25) is 0 Å². The fraction of sp³-hybridized carbons (Fsp3) is 0.238. The van der Waals surface area contributed by atoms with Crippen LogP contribution in [-0.4, -0.2) is 24.4 Å². The largest absolute Gasteiger partial charge is 0.491 e. The van der Waals surface area contributed by atoms with Crippen LogP contribution in [-0.2, 0) is 0 Å². The smallest absolute Gasteiger partial charge is 0.137 e. The molecule has 0 heterocycles. The Morgan fingerprint density at radius 3 is 2.42 bits per heavy atom. The normalized spacial score (nSPS) is 13.6. The summed E-state index contributed by atoms with van der Waals surface area (Å²) >= 11 is 0. The Kier molecular flexibility index (Phi) is 5.47. The molecule has 3 aromatic rings. The first-order valence-corrected chi connectivity index (χ1v) is 8.40. The molecule has 3 nitrogen and oxygen atoms in total. The maximum absolute atomic E-state index is 10.2. The van der Waals surface area contributed by atoms with Crippen molar-refractivity contribution in [3.05, 3.63) is 78.4 Å². The van der Waals surface area contributed by atoms with Crippen molar-refractivity contribution in [1.29, 1.82) is 0 Å². The van der Waals surface area contributed by atoms with Crippen molar-refractivity contribution in [2.45, 2.75) is 19.1 Å². The molecular weight excluding hydrogens is 298 g/mol. The molecule has 0 saturated carbocycles. The van der Waals surface area contributed by atoms with Gasteiger partial charge < -0.3 is 15.2 Å². The Morgan fingerprint density at radius 2 is 1.62 bits per heavy atom. The summed E-state index contributed by atoms with van der Waals surface area (Å²) in [5.41, 5.74) is 1.26. The third kappa shape index (κ3) is 4.34. The van der Waals surface area contributed by atoms with Crippen LogP contribution in [0.15, 0.2) is 72.8 Å². The van der Waals surface area contributed by atoms with Gasteiger partial charge >= 0.3 is 0 Å². The molecule has 0 saturated heterocycles. The van der Waals surface area contributed by atoms with Crippen LogP contribution in [0.25, 0.3) is 10.8 Å². The minimum Gasteiger partial charge on any atom is -0.491 e. The second kappa shape index (κ2) is 7.95. The second-order valence-corrected chi connectivity index (χ2v) is 6.14. The Balaban J connectivity index is 1.48. The highest BCUT2D eigenvalue weighted by atomic mass is 16.5. The van der Waals surface area contributed by atoms with E-state index in [2.05, 4.69) is 36.5 Å². The minimum atomic E-state index is -0.498. The van der Waals surface area contributed by atoms with Crippen molar-refractivity contribution < 1.29 is 15.2 Å². The lowest BCUT2D eigenvalue weighted by Crippen LogP contribution is -2.87. The van der Waals surface area contributed by atoms with Gasteiger partial charge in [0.2, 0.25) is 0 Å². The quantitative estimate of drug-likeness (QED) is 0.702. The maximum Gasteiger partial charge on any atom is 0.137 e. The lowest BCUT2D eigenvalue weighted by Gasteiger charge is -2.15. The average Bonchev–Trinajstić information content (AvgIpc) is 2.65. The molecular formula is C21H24NO2+. The van der Waals surface area contributed by atoms with Crippen molar-refractivity contribution >= 4 is 10.8 Å². The van der Waals surface area contributed by atoms with Crippen molar-refractivity contribution in [2.24, 2.45) is 0 Å². The van der Waals surface area contributed by atoms with Crippen LogP contribution in [0, 0.1) is 0 Å². The summed E-state index contributed by atoms with van der Waals surface area (Å²) in [6, 6.07) is 24.8. The van der Waals surface area contributed by atoms with Crippen LogP contribution < -0.4 is 10.1 Å². The van der Waals surface area contributed by atoms with E-state index in [-0.39, 0.29) is 0 Å². The zero-order chi connectivity index (χ0) is 16.8. The summed E-state index contributed by atoms with van der Waals surface area (Å²) < 4.78 is 5.74. The molecule has 2 atom stereocenters. The Labute approximate surface area is 142 Å². The second-order valence-electron chi connectivity index (χ2n) is 6.14. The van der Waals surface area contributed by atoms with Crippen LogP contribution in [0.5, 0.6) is 5.75 Å². The lowest BCUT2D eigenvalue weighted by molar-refractivity contribution is -0.698. The molecule has 0 radical (unpaired) electrons. The predicted octanol–water partition coefficient (Wildman–Crippen LogP) is 2.90. The van der Waals surface area contributed by atoms with Gasteiger partial charge in [0, 0.05) is 5.56 Å². The fourth-order valence-corrected chi connectivity index (χ4v) is 2.77. The number of hydrogen-bond donors (Lipinski definition) is 2. The topological polar surface area (TPSA) is 46.1 Å². The number of quaternary nitrogens is 1. The van der Waals surface area contributed by atoms with E-state index in [0.717, 1.165) is 11.1 Å². The SMILES string of the molecule is C[C@H]([NH2+]C[C@@H](O)COc1ccc2ccccc2c1)c1ccccc1. The third-order valence-electron chi connectivity index (χ3n) is 4.25. The van der Waals surface area contributed by atoms with E-state index < -0.39 is 6.10 Å². The molecule has 0 fully saturated rings. The summed E-state index contributed by atoms with van der Waals surface area (Å²) in [4.78, 5) is 0. The molecule has 0 amide bonds. The van der Waals surface area contributed by atoms with Gasteiger partial charge in [0.1, 0.15) is 31.0 Å². The van der Waals surface area contributed by atoms with E-state index in [1.807, 2.05) is 48.5 Å². The summed E-state index contributed by atoms with van der Waals surface area (Å²) in [6.45, 7) is 3.06. The van der Waals surface area contributed by atoms with Crippen LogP contribution in [0.1, 0.15) is 18.5 Å². The summed E-state index contributed by atoms with van der Waals surface area (Å²) in [6.07, 6.45) is -0.498. The molecule has 3 aromatic carbocycles. The van der Waals surface area contributed by atoms with E-state index in [9.17, 15) is 5.11 Å². The van der Waals surface area contributed by atoms with Crippen molar-refractivity contribution in [1.82, 2.24) is 0 Å². The number of benzene rings is 3. The highest BCUT2D eigenvalue weighted by Gasteiger charge is 2.12. The molecule has 0 aliphatic rings. The van der Waals surface area contributed by atoms with Gasteiger partial charge in [0.15, 0.2) is 0 Å². The Hall–Kier alpha value is -2.36. The monoisotopic (exact) mass is 322 g/mol. The van der Waals surface area contributed by atoms with Crippen LogP contribution >= 0.6 is 0 Å². The van der Waals surface area contributed by atoms with Gasteiger partial charge in [-0.15, -0.1) is 0 Å². The number of rotatable bonds is 7. The maximum atomic E-state index is 10.2. The molecule has 0 bridgehead atoms. The van der Waals surface area contributed by atoms with Gasteiger partial charge in [0.05, 0.1) is 0 Å². The molecule has 0 aromatic heterocycles. The zero-order valence-electron chi connectivity index (χ0n) is 13.9. The standard InChI is InChI=1S/C21H23NO2/c1-16(17-7-3-2-4-8-17)22-14-20(23)15-24-21-12-11-18-9-5-6-10-19(18)13-21/h2-13,16,20,22-23H,14-15H2,1H3/p+1/t16-,20+/m0/s1. The zero-order valence-corrected chi connectivity index (χ0v) is 13.9. The van der Waals surface area contributed by atoms with Gasteiger partial charge in [-0.1, -0.05) is 60.7 Å². The molecule has 124 valence electrons. The van der Waals surface area contributed by atoms with Crippen LogP contribution in [0.2, 0.25) is 0 Å². The van der Waals surface area contributed by atoms with Gasteiger partial charge in [0.25, 0.3) is 0 Å². The molecule has 0 spiro atoms. The van der Waals surface area contributed by atoms with Crippen molar-refractivity contribution in [3.8, 4) is 5.75 Å². The first kappa shape index (κ1) is 16.5. The van der Waals surface area contributed by atoms with E-state index in [4.69, 9.17) is 4.74 Å². The molecule has 3 rings (SSSR count). The number of nitrogens with two attached hydrogens (primary N) is 1. The third-order valence-corrected chi connectivity index (χ3v) is 4.25. The molecule has 0 aliphatic heterocycles. The summed E-state index contributed by atoms with van der Waals surface area (Å²) in [5.74, 6) is 0.795. The molecule has 0 unspecified atom stereocenters. The minimum absolute atomic E-state index is 0.302. The number of aliphatic hydroxyl groups excluding tert-OH is 1. The van der Waals surface area contributed by atoms with Crippen molar-refractivity contribution in [3.63, 3.8) is 0 Å². The summed E-state index contributed by atoms with van der Waals surface area (Å²) in [7, 11) is 0. The molecule has 3 heteroatoms. The van der Waals surface area contributed by atoms with E-state index in [1.54, 1.807) is 0 Å². The predicted molar refractivity (Wildman–Crippen MR) is 97.1 cm³/mol. The molecule has 24 heavy (non-hydrogen) atoms. The highest BCUT2D eigenvalue weighted by Crippen LogP contribution is 2.20. The van der Waals surface area contributed by atoms with Gasteiger partial charge in [-0.25, -0.2) is 0 Å². The Bertz CT molecular complexity index is 773. The molecule has 3 N–H and O–H groups in total. The van der Waals surface area contributed by atoms with Crippen molar-refractivity contribution in [2.75, 3.05) is 13.2 Å². The lowest BCUT2D eigenvalue weighted by atomic mass is 10.1. The van der Waals surface area contributed by atoms with E-state index >= 15 is 0 Å². The summed E-state index contributed by atoms with van der Waals surface area (Å²) in [5, 5.41) is 14.6. The first-order valence-electron chi connectivity index (χ1n) is 8.40. The Morgan fingerprint density at radius 1 is 0.917 bits per heavy atom. The van der Waals surface area contributed by atoms with Gasteiger partial charge in [-0.05, 0) is 29.8 Å². The highest BCUT2D eigenvalue weighted by molar-refractivity contribution is 5.83. The van der Waals surface area contributed by atoms with E-state index in [0.29, 0.717) is 19.2 Å².